The molecule has 0 radical (unpaired) electrons. The van der Waals surface area contributed by atoms with Crippen LogP contribution in [0.3, 0.4) is 0 Å². The van der Waals surface area contributed by atoms with Crippen LogP contribution in [0.5, 0.6) is 0 Å². The Morgan fingerprint density at radius 3 is 2.17 bits per heavy atom. The van der Waals surface area contributed by atoms with Gasteiger partial charge in [0, 0.05) is 31.6 Å². The molecule has 1 aliphatic carbocycles. The maximum atomic E-state index is 11.2. The second kappa shape index (κ2) is 5.13. The van der Waals surface area contributed by atoms with Crippen molar-refractivity contribution >= 4 is 11.5 Å². The van der Waals surface area contributed by atoms with Gasteiger partial charge in [-0.15, -0.1) is 0 Å². The lowest BCUT2D eigenvalue weighted by Crippen LogP contribution is -2.33. The van der Waals surface area contributed by atoms with Crippen LogP contribution in [0.2, 0.25) is 0 Å². The van der Waals surface area contributed by atoms with Crippen LogP contribution in [0.4, 0.5) is 5.69 Å². The summed E-state index contributed by atoms with van der Waals surface area (Å²) in [6.45, 7) is 1.78. The van der Waals surface area contributed by atoms with Crippen molar-refractivity contribution in [3.63, 3.8) is 0 Å². The lowest BCUT2D eigenvalue weighted by atomic mass is 9.97. The topological polar surface area (TPSA) is 20.3 Å². The SMILES string of the molecule is O=C1CCN(c2ccc(C3CCCC3)cc2)CC1. The van der Waals surface area contributed by atoms with E-state index in [1.807, 2.05) is 0 Å². The van der Waals surface area contributed by atoms with Gasteiger partial charge in [-0.2, -0.15) is 0 Å². The highest BCUT2D eigenvalue weighted by Crippen LogP contribution is 2.34. The molecule has 0 atom stereocenters. The number of carbonyl (C=O) groups is 1. The summed E-state index contributed by atoms with van der Waals surface area (Å²) >= 11 is 0. The number of nitrogens with zero attached hydrogens (tertiary/aromatic N) is 1. The smallest absolute Gasteiger partial charge is 0.136 e. The van der Waals surface area contributed by atoms with Gasteiger partial charge < -0.3 is 4.90 Å². The van der Waals surface area contributed by atoms with Crippen molar-refractivity contribution < 1.29 is 4.79 Å². The normalized spacial score (nSPS) is 21.6. The minimum atomic E-state index is 0.411. The Labute approximate surface area is 109 Å². The van der Waals surface area contributed by atoms with Crippen LogP contribution in [0, 0.1) is 0 Å². The molecule has 1 saturated carbocycles. The van der Waals surface area contributed by atoms with E-state index in [0.29, 0.717) is 18.6 Å². The van der Waals surface area contributed by atoms with Crippen molar-refractivity contribution in [3.8, 4) is 0 Å². The summed E-state index contributed by atoms with van der Waals surface area (Å²) in [6, 6.07) is 9.07. The predicted octanol–water partition coefficient (Wildman–Crippen LogP) is 3.51. The van der Waals surface area contributed by atoms with Crippen molar-refractivity contribution in [1.29, 1.82) is 0 Å². The van der Waals surface area contributed by atoms with Crippen molar-refractivity contribution in [3.05, 3.63) is 29.8 Å². The first kappa shape index (κ1) is 11.8. The first-order valence-electron chi connectivity index (χ1n) is 7.19. The lowest BCUT2D eigenvalue weighted by molar-refractivity contribution is -0.119. The molecule has 2 nitrogen and oxygen atoms in total. The summed E-state index contributed by atoms with van der Waals surface area (Å²) in [5.74, 6) is 1.20. The quantitative estimate of drug-likeness (QED) is 0.792. The molecule has 0 spiro atoms. The molecule has 2 fully saturated rings. The molecule has 1 aromatic rings. The summed E-state index contributed by atoms with van der Waals surface area (Å²) in [5.41, 5.74) is 2.79. The Kier molecular flexibility index (Phi) is 3.35. The fourth-order valence-electron chi connectivity index (χ4n) is 3.23. The molecule has 3 rings (SSSR count). The summed E-state index contributed by atoms with van der Waals surface area (Å²) in [6.07, 6.45) is 6.92. The highest BCUT2D eigenvalue weighted by Gasteiger charge is 2.19. The van der Waals surface area contributed by atoms with Gasteiger partial charge >= 0.3 is 0 Å². The molecule has 1 heterocycles. The van der Waals surface area contributed by atoms with E-state index in [2.05, 4.69) is 29.2 Å². The summed E-state index contributed by atoms with van der Waals surface area (Å²) in [7, 11) is 0. The first-order chi connectivity index (χ1) is 8.83. The number of hydrogen-bond acceptors (Lipinski definition) is 2. The highest BCUT2D eigenvalue weighted by molar-refractivity contribution is 5.81. The molecule has 1 saturated heterocycles. The van der Waals surface area contributed by atoms with Crippen molar-refractivity contribution in [2.45, 2.75) is 44.4 Å². The van der Waals surface area contributed by atoms with Crippen molar-refractivity contribution in [1.82, 2.24) is 0 Å². The molecule has 2 aliphatic rings. The second-order valence-corrected chi connectivity index (χ2v) is 5.60. The number of carbonyl (C=O) groups excluding carboxylic acids is 1. The minimum absolute atomic E-state index is 0.411. The Morgan fingerprint density at radius 1 is 0.944 bits per heavy atom. The fourth-order valence-corrected chi connectivity index (χ4v) is 3.23. The molecule has 0 N–H and O–H groups in total. The van der Waals surface area contributed by atoms with E-state index >= 15 is 0 Å². The number of hydrogen-bond donors (Lipinski definition) is 0. The number of anilines is 1. The van der Waals surface area contributed by atoms with Crippen molar-refractivity contribution in [2.75, 3.05) is 18.0 Å². The molecule has 0 bridgehead atoms. The molecule has 0 amide bonds. The zero-order chi connectivity index (χ0) is 12.4. The largest absolute Gasteiger partial charge is 0.371 e. The number of piperidine rings is 1. The molecule has 96 valence electrons. The average Bonchev–Trinajstić information content (AvgIpc) is 2.94. The molecule has 1 aromatic carbocycles. The van der Waals surface area contributed by atoms with Crippen LogP contribution in [0.1, 0.15) is 50.0 Å². The third kappa shape index (κ3) is 2.43. The molecule has 0 unspecified atom stereocenters. The van der Waals surface area contributed by atoms with Crippen molar-refractivity contribution in [2.24, 2.45) is 0 Å². The Morgan fingerprint density at radius 2 is 1.56 bits per heavy atom. The fraction of sp³-hybridized carbons (Fsp3) is 0.562. The lowest BCUT2D eigenvalue weighted by Gasteiger charge is -2.28. The van der Waals surface area contributed by atoms with Crippen LogP contribution in [0.15, 0.2) is 24.3 Å². The maximum Gasteiger partial charge on any atom is 0.136 e. The standard InChI is InChI=1S/C16H21NO/c18-16-9-11-17(12-10-16)15-7-5-14(6-8-15)13-3-1-2-4-13/h5-8,13H,1-4,9-12H2. The van der Waals surface area contributed by atoms with Gasteiger partial charge in [0.1, 0.15) is 5.78 Å². The van der Waals surface area contributed by atoms with E-state index in [0.717, 1.165) is 19.0 Å². The molecular formula is C16H21NO. The Balaban J connectivity index is 1.68. The number of rotatable bonds is 2. The predicted molar refractivity (Wildman–Crippen MR) is 74.1 cm³/mol. The van der Waals surface area contributed by atoms with Crippen LogP contribution in [0.25, 0.3) is 0 Å². The van der Waals surface area contributed by atoms with Gasteiger partial charge in [0.15, 0.2) is 0 Å². The van der Waals surface area contributed by atoms with Crippen LogP contribution >= 0.6 is 0 Å². The van der Waals surface area contributed by atoms with Gasteiger partial charge in [0.05, 0.1) is 0 Å². The van der Waals surface area contributed by atoms with E-state index in [1.165, 1.54) is 36.9 Å². The summed E-state index contributed by atoms with van der Waals surface area (Å²) in [5, 5.41) is 0. The van der Waals surface area contributed by atoms with Crippen LogP contribution < -0.4 is 4.90 Å². The third-order valence-electron chi connectivity index (χ3n) is 4.41. The molecule has 18 heavy (non-hydrogen) atoms. The second-order valence-electron chi connectivity index (χ2n) is 5.60. The third-order valence-corrected chi connectivity index (χ3v) is 4.41. The van der Waals surface area contributed by atoms with Gasteiger partial charge in [-0.3, -0.25) is 4.79 Å². The summed E-state index contributed by atoms with van der Waals surface area (Å²) < 4.78 is 0. The number of benzene rings is 1. The first-order valence-corrected chi connectivity index (χ1v) is 7.19. The van der Waals surface area contributed by atoms with Crippen LogP contribution in [-0.2, 0) is 4.79 Å². The molecule has 0 aromatic heterocycles. The number of Topliss-reactive ketones (excluding diaryl/α,β-unsaturated/α-hetero) is 1. The van der Waals surface area contributed by atoms with Gasteiger partial charge in [0.25, 0.3) is 0 Å². The number of ketones is 1. The van der Waals surface area contributed by atoms with Crippen LogP contribution in [-0.4, -0.2) is 18.9 Å². The zero-order valence-electron chi connectivity index (χ0n) is 10.9. The Hall–Kier alpha value is -1.31. The van der Waals surface area contributed by atoms with Gasteiger partial charge in [-0.25, -0.2) is 0 Å². The van der Waals surface area contributed by atoms with E-state index in [9.17, 15) is 4.79 Å². The van der Waals surface area contributed by atoms with E-state index < -0.39 is 0 Å². The van der Waals surface area contributed by atoms with Gasteiger partial charge in [-0.05, 0) is 36.5 Å². The van der Waals surface area contributed by atoms with Gasteiger partial charge in [0.2, 0.25) is 0 Å². The van der Waals surface area contributed by atoms with Gasteiger partial charge in [-0.1, -0.05) is 25.0 Å². The highest BCUT2D eigenvalue weighted by atomic mass is 16.1. The average molecular weight is 243 g/mol. The molecule has 2 heteroatoms. The molecular weight excluding hydrogens is 222 g/mol. The maximum absolute atomic E-state index is 11.2. The minimum Gasteiger partial charge on any atom is -0.371 e. The zero-order valence-corrected chi connectivity index (χ0v) is 10.9. The van der Waals surface area contributed by atoms with E-state index in [1.54, 1.807) is 0 Å². The summed E-state index contributed by atoms with van der Waals surface area (Å²) in [4.78, 5) is 13.6. The Bertz CT molecular complexity index is 407. The molecule has 1 aliphatic heterocycles. The monoisotopic (exact) mass is 243 g/mol. The van der Waals surface area contributed by atoms with E-state index in [-0.39, 0.29) is 0 Å². The van der Waals surface area contributed by atoms with E-state index in [4.69, 9.17) is 0 Å².